The summed E-state index contributed by atoms with van der Waals surface area (Å²) in [6.07, 6.45) is 4.61. The van der Waals surface area contributed by atoms with Crippen molar-refractivity contribution in [3.05, 3.63) is 24.5 Å². The fourth-order valence-corrected chi connectivity index (χ4v) is 0.521. The summed E-state index contributed by atoms with van der Waals surface area (Å²) in [4.78, 5) is 0. The molecule has 12 heavy (non-hydrogen) atoms. The SMILES string of the molecule is C=C(/C=C\C)OCCCN.CC. The minimum atomic E-state index is 0.666. The lowest BCUT2D eigenvalue weighted by Crippen LogP contribution is -2.03. The van der Waals surface area contributed by atoms with E-state index in [1.54, 1.807) is 0 Å². The van der Waals surface area contributed by atoms with Gasteiger partial charge in [-0.2, -0.15) is 0 Å². The largest absolute Gasteiger partial charge is 0.494 e. The highest BCUT2D eigenvalue weighted by atomic mass is 16.5. The van der Waals surface area contributed by atoms with E-state index >= 15 is 0 Å². The first kappa shape index (κ1) is 13.8. The molecule has 0 aliphatic carbocycles. The third kappa shape index (κ3) is 12.0. The normalized spacial score (nSPS) is 9.00. The summed E-state index contributed by atoms with van der Waals surface area (Å²) in [6.45, 7) is 10.9. The van der Waals surface area contributed by atoms with E-state index in [2.05, 4.69) is 6.58 Å². The van der Waals surface area contributed by atoms with Gasteiger partial charge in [-0.25, -0.2) is 0 Å². The number of ether oxygens (including phenoxy) is 1. The molecule has 0 saturated carbocycles. The zero-order valence-corrected chi connectivity index (χ0v) is 8.47. The second-order valence-corrected chi connectivity index (χ2v) is 1.96. The first-order valence-corrected chi connectivity index (χ1v) is 4.45. The van der Waals surface area contributed by atoms with Gasteiger partial charge in [0.05, 0.1) is 6.61 Å². The van der Waals surface area contributed by atoms with Gasteiger partial charge in [-0.05, 0) is 26.0 Å². The number of allylic oxidation sites excluding steroid dienone is 2. The monoisotopic (exact) mass is 171 g/mol. The third-order valence-corrected chi connectivity index (χ3v) is 0.988. The van der Waals surface area contributed by atoms with E-state index in [9.17, 15) is 0 Å². The fourth-order valence-electron chi connectivity index (χ4n) is 0.521. The molecule has 0 aromatic carbocycles. The summed E-state index contributed by atoms with van der Waals surface area (Å²) >= 11 is 0. The highest BCUT2D eigenvalue weighted by Crippen LogP contribution is 1.95. The lowest BCUT2D eigenvalue weighted by molar-refractivity contribution is 0.223. The Balaban J connectivity index is 0. The molecule has 0 saturated heterocycles. The van der Waals surface area contributed by atoms with E-state index in [1.165, 1.54) is 0 Å². The maximum Gasteiger partial charge on any atom is 0.111 e. The molecule has 2 N–H and O–H groups in total. The maximum atomic E-state index is 5.26. The predicted octanol–water partition coefficient (Wildman–Crippen LogP) is 2.47. The van der Waals surface area contributed by atoms with Gasteiger partial charge < -0.3 is 10.5 Å². The molecule has 0 radical (unpaired) electrons. The highest BCUT2D eigenvalue weighted by Gasteiger charge is 1.86. The molecule has 0 heterocycles. The molecule has 0 fully saturated rings. The summed E-state index contributed by atoms with van der Waals surface area (Å²) < 4.78 is 5.16. The van der Waals surface area contributed by atoms with E-state index < -0.39 is 0 Å². The molecule has 0 aliphatic rings. The lowest BCUT2D eigenvalue weighted by Gasteiger charge is -2.02. The molecule has 0 rings (SSSR count). The Morgan fingerprint density at radius 3 is 2.50 bits per heavy atom. The van der Waals surface area contributed by atoms with E-state index in [0.29, 0.717) is 18.9 Å². The van der Waals surface area contributed by atoms with Crippen LogP contribution in [0.15, 0.2) is 24.5 Å². The second kappa shape index (κ2) is 12.9. The molecule has 0 amide bonds. The Bertz CT molecular complexity index is 119. The minimum Gasteiger partial charge on any atom is -0.494 e. The molecular formula is C10H21NO. The lowest BCUT2D eigenvalue weighted by atomic mass is 10.4. The molecule has 0 aromatic rings. The van der Waals surface area contributed by atoms with Crippen LogP contribution in [0.5, 0.6) is 0 Å². The van der Waals surface area contributed by atoms with Crippen LogP contribution in [0, 0.1) is 0 Å². The van der Waals surface area contributed by atoms with Gasteiger partial charge in [0, 0.05) is 0 Å². The third-order valence-electron chi connectivity index (χ3n) is 0.988. The van der Waals surface area contributed by atoms with Crippen LogP contribution in [0.4, 0.5) is 0 Å². The molecule has 0 aliphatic heterocycles. The molecular weight excluding hydrogens is 150 g/mol. The van der Waals surface area contributed by atoms with Crippen LogP contribution < -0.4 is 5.73 Å². The van der Waals surface area contributed by atoms with Crippen LogP contribution >= 0.6 is 0 Å². The molecule has 72 valence electrons. The van der Waals surface area contributed by atoms with Crippen LogP contribution in [-0.2, 0) is 4.74 Å². The van der Waals surface area contributed by atoms with Crippen molar-refractivity contribution in [2.24, 2.45) is 5.73 Å². The molecule has 2 nitrogen and oxygen atoms in total. The molecule has 0 unspecified atom stereocenters. The Hall–Kier alpha value is -0.760. The van der Waals surface area contributed by atoms with Crippen molar-refractivity contribution >= 4 is 0 Å². The molecule has 0 spiro atoms. The fraction of sp³-hybridized carbons (Fsp3) is 0.600. The van der Waals surface area contributed by atoms with Crippen molar-refractivity contribution < 1.29 is 4.74 Å². The van der Waals surface area contributed by atoms with Crippen molar-refractivity contribution in [3.63, 3.8) is 0 Å². The summed E-state index contributed by atoms with van der Waals surface area (Å²) in [5, 5.41) is 0. The first-order valence-electron chi connectivity index (χ1n) is 4.45. The number of hydrogen-bond donors (Lipinski definition) is 1. The van der Waals surface area contributed by atoms with Crippen LogP contribution in [-0.4, -0.2) is 13.2 Å². The first-order chi connectivity index (χ1) is 5.81. The number of rotatable bonds is 5. The topological polar surface area (TPSA) is 35.2 Å². The van der Waals surface area contributed by atoms with E-state index in [4.69, 9.17) is 10.5 Å². The van der Waals surface area contributed by atoms with Crippen molar-refractivity contribution in [3.8, 4) is 0 Å². The molecule has 0 bridgehead atoms. The molecule has 0 atom stereocenters. The van der Waals surface area contributed by atoms with Gasteiger partial charge in [-0.1, -0.05) is 26.5 Å². The van der Waals surface area contributed by atoms with Crippen LogP contribution in [0.3, 0.4) is 0 Å². The average Bonchev–Trinajstić information content (AvgIpc) is 2.09. The Kier molecular flexibility index (Phi) is 14.8. The standard InChI is InChI=1S/C8H15NO.C2H6/c1-3-5-8(2)10-7-4-6-9;1-2/h3,5H,2,4,6-7,9H2,1H3;1-2H3/b5-3-;. The average molecular weight is 171 g/mol. The van der Waals surface area contributed by atoms with Gasteiger partial charge in [-0.15, -0.1) is 0 Å². The van der Waals surface area contributed by atoms with Crippen molar-refractivity contribution in [1.82, 2.24) is 0 Å². The predicted molar refractivity (Wildman–Crippen MR) is 54.9 cm³/mol. The Morgan fingerprint density at radius 2 is 2.08 bits per heavy atom. The van der Waals surface area contributed by atoms with Crippen molar-refractivity contribution in [2.45, 2.75) is 27.2 Å². The van der Waals surface area contributed by atoms with Crippen LogP contribution in [0.2, 0.25) is 0 Å². The Morgan fingerprint density at radius 1 is 1.50 bits per heavy atom. The summed E-state index contributed by atoms with van der Waals surface area (Å²) in [5.74, 6) is 0.705. The van der Waals surface area contributed by atoms with Gasteiger partial charge in [-0.3, -0.25) is 0 Å². The highest BCUT2D eigenvalue weighted by molar-refractivity contribution is 5.05. The van der Waals surface area contributed by atoms with Crippen LogP contribution in [0.25, 0.3) is 0 Å². The van der Waals surface area contributed by atoms with E-state index in [-0.39, 0.29) is 0 Å². The van der Waals surface area contributed by atoms with E-state index in [1.807, 2.05) is 32.9 Å². The molecule has 2 heteroatoms. The smallest absolute Gasteiger partial charge is 0.111 e. The Labute approximate surface area is 76.1 Å². The minimum absolute atomic E-state index is 0.666. The number of hydrogen-bond acceptors (Lipinski definition) is 2. The van der Waals surface area contributed by atoms with Crippen molar-refractivity contribution in [1.29, 1.82) is 0 Å². The van der Waals surface area contributed by atoms with Gasteiger partial charge in [0.1, 0.15) is 5.76 Å². The van der Waals surface area contributed by atoms with Gasteiger partial charge >= 0.3 is 0 Å². The van der Waals surface area contributed by atoms with Gasteiger partial charge in [0.2, 0.25) is 0 Å². The zero-order valence-electron chi connectivity index (χ0n) is 8.47. The summed E-state index contributed by atoms with van der Waals surface area (Å²) in [7, 11) is 0. The summed E-state index contributed by atoms with van der Waals surface area (Å²) in [5.41, 5.74) is 5.26. The zero-order chi connectivity index (χ0) is 9.82. The second-order valence-electron chi connectivity index (χ2n) is 1.96. The van der Waals surface area contributed by atoms with Crippen molar-refractivity contribution in [2.75, 3.05) is 13.2 Å². The number of nitrogens with two attached hydrogens (primary N) is 1. The van der Waals surface area contributed by atoms with Gasteiger partial charge in [0.15, 0.2) is 0 Å². The van der Waals surface area contributed by atoms with Gasteiger partial charge in [0.25, 0.3) is 0 Å². The van der Waals surface area contributed by atoms with Crippen LogP contribution in [0.1, 0.15) is 27.2 Å². The maximum absolute atomic E-state index is 5.26. The van der Waals surface area contributed by atoms with E-state index in [0.717, 1.165) is 6.42 Å². The quantitative estimate of drug-likeness (QED) is 0.392. The molecule has 0 aromatic heterocycles. The summed E-state index contributed by atoms with van der Waals surface area (Å²) in [6, 6.07) is 0.